The predicted molar refractivity (Wildman–Crippen MR) is 131 cm³/mol. The number of anilines is 1. The predicted octanol–water partition coefficient (Wildman–Crippen LogP) is 5.36. The Kier molecular flexibility index (Phi) is 6.81. The topological polar surface area (TPSA) is 100 Å². The van der Waals surface area contributed by atoms with E-state index in [0.717, 1.165) is 21.6 Å². The lowest BCUT2D eigenvalue weighted by Crippen LogP contribution is -2.17. The van der Waals surface area contributed by atoms with Crippen molar-refractivity contribution < 1.29 is 14.1 Å². The van der Waals surface area contributed by atoms with E-state index < -0.39 is 5.91 Å². The average molecular weight is 548 g/mol. The summed E-state index contributed by atoms with van der Waals surface area (Å²) in [6.45, 7) is 9.93. The molecule has 11 heteroatoms. The number of amides is 1. The number of aromatic nitrogens is 5. The minimum Gasteiger partial charge on any atom is -0.489 e. The highest BCUT2D eigenvalue weighted by atomic mass is 79.9. The molecule has 0 spiro atoms. The van der Waals surface area contributed by atoms with Gasteiger partial charge in [-0.05, 0) is 68.7 Å². The number of hydrogen-bond acceptors (Lipinski definition) is 6. The molecule has 4 rings (SSSR count). The Morgan fingerprint density at radius 3 is 2.50 bits per heavy atom. The van der Waals surface area contributed by atoms with Crippen LogP contribution >= 0.6 is 27.5 Å². The number of rotatable bonds is 7. The third-order valence-corrected chi connectivity index (χ3v) is 6.94. The van der Waals surface area contributed by atoms with Gasteiger partial charge in [0.2, 0.25) is 0 Å². The van der Waals surface area contributed by atoms with Crippen LogP contribution in [0.3, 0.4) is 0 Å². The fourth-order valence-corrected chi connectivity index (χ4v) is 4.04. The van der Waals surface area contributed by atoms with Gasteiger partial charge in [-0.1, -0.05) is 22.8 Å². The second kappa shape index (κ2) is 9.63. The molecule has 0 saturated carbocycles. The van der Waals surface area contributed by atoms with Gasteiger partial charge in [0.1, 0.15) is 24.8 Å². The third-order valence-electron chi connectivity index (χ3n) is 5.56. The lowest BCUT2D eigenvalue weighted by molar-refractivity contribution is 0.101. The van der Waals surface area contributed by atoms with Gasteiger partial charge >= 0.3 is 0 Å². The molecule has 3 heterocycles. The molecule has 0 saturated heterocycles. The zero-order valence-electron chi connectivity index (χ0n) is 19.4. The van der Waals surface area contributed by atoms with E-state index in [1.807, 2.05) is 32.4 Å². The molecule has 34 heavy (non-hydrogen) atoms. The summed E-state index contributed by atoms with van der Waals surface area (Å²) in [6, 6.07) is 7.04. The molecule has 1 aromatic carbocycles. The highest BCUT2D eigenvalue weighted by molar-refractivity contribution is 9.10. The standard InChI is InChI=1S/C23H24BrClN6O3/c1-12-20(24)14(3)30(27-12)11-31-15(4)21(13(2)28-31)26-23(32)22-19(16(5)34-29-22)10-33-18-8-6-7-17(25)9-18/h6-9H,10-11H2,1-5H3,(H,26,32). The van der Waals surface area contributed by atoms with Crippen LogP contribution in [0.25, 0.3) is 0 Å². The van der Waals surface area contributed by atoms with Crippen molar-refractivity contribution in [3.63, 3.8) is 0 Å². The lowest BCUT2D eigenvalue weighted by Gasteiger charge is -2.09. The molecular weight excluding hydrogens is 524 g/mol. The maximum Gasteiger partial charge on any atom is 0.278 e. The van der Waals surface area contributed by atoms with Gasteiger partial charge in [-0.15, -0.1) is 0 Å². The molecular formula is C23H24BrClN6O3. The van der Waals surface area contributed by atoms with E-state index in [2.05, 4.69) is 36.6 Å². The van der Waals surface area contributed by atoms with Gasteiger partial charge in [0.25, 0.3) is 5.91 Å². The first-order valence-corrected chi connectivity index (χ1v) is 11.7. The van der Waals surface area contributed by atoms with Crippen LogP contribution in [0.5, 0.6) is 5.75 Å². The summed E-state index contributed by atoms with van der Waals surface area (Å²) in [4.78, 5) is 13.1. The van der Waals surface area contributed by atoms with Crippen LogP contribution in [0.15, 0.2) is 33.3 Å². The summed E-state index contributed by atoms with van der Waals surface area (Å²) < 4.78 is 15.7. The number of carbonyl (C=O) groups excluding carboxylic acids is 1. The molecule has 0 atom stereocenters. The Hall–Kier alpha value is -3.11. The van der Waals surface area contributed by atoms with E-state index in [9.17, 15) is 4.79 Å². The van der Waals surface area contributed by atoms with Gasteiger partial charge in [-0.3, -0.25) is 4.79 Å². The first kappa shape index (κ1) is 24.0. The molecule has 3 aromatic heterocycles. The molecule has 0 aliphatic carbocycles. The van der Waals surface area contributed by atoms with E-state index >= 15 is 0 Å². The Labute approximate surface area is 210 Å². The third kappa shape index (κ3) is 4.74. The first-order valence-electron chi connectivity index (χ1n) is 10.5. The number of aryl methyl sites for hydroxylation is 3. The smallest absolute Gasteiger partial charge is 0.278 e. The van der Waals surface area contributed by atoms with Crippen molar-refractivity contribution in [3.05, 3.63) is 73.6 Å². The van der Waals surface area contributed by atoms with Crippen LogP contribution in [-0.2, 0) is 13.3 Å². The number of benzene rings is 1. The minimum absolute atomic E-state index is 0.114. The number of carbonyl (C=O) groups is 1. The molecule has 178 valence electrons. The van der Waals surface area contributed by atoms with Crippen LogP contribution in [0.4, 0.5) is 5.69 Å². The summed E-state index contributed by atoms with van der Waals surface area (Å²) in [6.07, 6.45) is 0. The van der Waals surface area contributed by atoms with Crippen LogP contribution in [0, 0.1) is 34.6 Å². The summed E-state index contributed by atoms with van der Waals surface area (Å²) in [5.74, 6) is 0.691. The highest BCUT2D eigenvalue weighted by Crippen LogP contribution is 2.25. The number of nitrogens with zero attached hydrogens (tertiary/aromatic N) is 5. The van der Waals surface area contributed by atoms with Crippen molar-refractivity contribution in [2.45, 2.75) is 47.9 Å². The molecule has 4 aromatic rings. The monoisotopic (exact) mass is 546 g/mol. The molecule has 1 amide bonds. The van der Waals surface area contributed by atoms with Crippen LogP contribution in [0.2, 0.25) is 5.02 Å². The van der Waals surface area contributed by atoms with Gasteiger partial charge in [0.05, 0.1) is 38.5 Å². The normalized spacial score (nSPS) is 11.1. The maximum atomic E-state index is 13.1. The fraction of sp³-hybridized carbons (Fsp3) is 0.304. The number of halogens is 2. The zero-order chi connectivity index (χ0) is 24.6. The van der Waals surface area contributed by atoms with E-state index in [1.165, 1.54) is 0 Å². The summed E-state index contributed by atoms with van der Waals surface area (Å²) in [5.41, 5.74) is 4.73. The molecule has 0 bridgehead atoms. The van der Waals surface area contributed by atoms with Crippen molar-refractivity contribution >= 4 is 39.1 Å². The molecule has 1 N–H and O–H groups in total. The summed E-state index contributed by atoms with van der Waals surface area (Å²) in [7, 11) is 0. The van der Waals surface area contributed by atoms with Gasteiger partial charge in [0, 0.05) is 5.02 Å². The SMILES string of the molecule is Cc1nn(Cn2nc(C)c(NC(=O)c3noc(C)c3COc3cccc(Cl)c3)c2C)c(C)c1Br. The fourth-order valence-electron chi connectivity index (χ4n) is 3.58. The van der Waals surface area contributed by atoms with Gasteiger partial charge in [-0.2, -0.15) is 10.2 Å². The van der Waals surface area contributed by atoms with Crippen LogP contribution in [-0.4, -0.2) is 30.6 Å². The van der Waals surface area contributed by atoms with Crippen LogP contribution < -0.4 is 10.1 Å². The Balaban J connectivity index is 1.53. The van der Waals surface area contributed by atoms with Crippen LogP contribution in [0.1, 0.15) is 44.6 Å². The zero-order valence-corrected chi connectivity index (χ0v) is 21.8. The second-order valence-electron chi connectivity index (χ2n) is 7.94. The maximum absolute atomic E-state index is 13.1. The van der Waals surface area contributed by atoms with E-state index in [-0.39, 0.29) is 12.3 Å². The second-order valence-corrected chi connectivity index (χ2v) is 9.17. The van der Waals surface area contributed by atoms with Crippen molar-refractivity contribution in [3.8, 4) is 5.75 Å². The number of nitrogens with one attached hydrogen (secondary N) is 1. The highest BCUT2D eigenvalue weighted by Gasteiger charge is 2.23. The van der Waals surface area contributed by atoms with Crippen molar-refractivity contribution in [2.75, 3.05) is 5.32 Å². The van der Waals surface area contributed by atoms with E-state index in [4.69, 9.17) is 20.9 Å². The van der Waals surface area contributed by atoms with Crippen molar-refractivity contribution in [1.29, 1.82) is 0 Å². The Morgan fingerprint density at radius 2 is 1.82 bits per heavy atom. The van der Waals surface area contributed by atoms with E-state index in [1.54, 1.807) is 35.9 Å². The summed E-state index contributed by atoms with van der Waals surface area (Å²) >= 11 is 9.57. The number of ether oxygens (including phenoxy) is 1. The molecule has 9 nitrogen and oxygen atoms in total. The molecule has 0 aliphatic heterocycles. The van der Waals surface area contributed by atoms with Gasteiger partial charge in [0.15, 0.2) is 5.69 Å². The lowest BCUT2D eigenvalue weighted by atomic mass is 10.2. The average Bonchev–Trinajstić information content (AvgIpc) is 3.38. The Bertz CT molecular complexity index is 1370. The molecule has 0 fully saturated rings. The Morgan fingerprint density at radius 1 is 1.12 bits per heavy atom. The molecule has 0 radical (unpaired) electrons. The van der Waals surface area contributed by atoms with Gasteiger partial charge in [-0.25, -0.2) is 9.36 Å². The van der Waals surface area contributed by atoms with Crippen molar-refractivity contribution in [2.24, 2.45) is 0 Å². The minimum atomic E-state index is -0.402. The molecule has 0 aliphatic rings. The first-order chi connectivity index (χ1) is 16.2. The molecule has 0 unspecified atom stereocenters. The summed E-state index contributed by atoms with van der Waals surface area (Å²) in [5, 5.41) is 16.6. The number of hydrogen-bond donors (Lipinski definition) is 1. The van der Waals surface area contributed by atoms with Crippen molar-refractivity contribution in [1.82, 2.24) is 24.7 Å². The quantitative estimate of drug-likeness (QED) is 0.334. The van der Waals surface area contributed by atoms with E-state index in [0.29, 0.717) is 40.1 Å². The van der Waals surface area contributed by atoms with Gasteiger partial charge < -0.3 is 14.6 Å². The largest absolute Gasteiger partial charge is 0.489 e.